The molecule has 0 amide bonds. The quantitative estimate of drug-likeness (QED) is 0.319. The van der Waals surface area contributed by atoms with Crippen molar-refractivity contribution in [3.05, 3.63) is 108 Å². The number of aromatic hydroxyl groups is 1. The lowest BCUT2D eigenvalue weighted by Crippen LogP contribution is -2.35. The van der Waals surface area contributed by atoms with Gasteiger partial charge in [-0.15, -0.1) is 0 Å². The number of phenols is 1. The van der Waals surface area contributed by atoms with Crippen molar-refractivity contribution in [2.24, 2.45) is 0 Å². The topological polar surface area (TPSA) is 90.7 Å². The Morgan fingerprint density at radius 3 is 2.33 bits per heavy atom. The maximum Gasteiger partial charge on any atom is 0.416 e. The molecule has 3 unspecified atom stereocenters. The van der Waals surface area contributed by atoms with Crippen molar-refractivity contribution in [1.82, 2.24) is 9.55 Å². The van der Waals surface area contributed by atoms with Gasteiger partial charge in [-0.1, -0.05) is 30.3 Å². The minimum Gasteiger partial charge on any atom is -0.508 e. The Bertz CT molecular complexity index is 1650. The van der Waals surface area contributed by atoms with E-state index in [0.717, 1.165) is 34.5 Å². The highest BCUT2D eigenvalue weighted by Gasteiger charge is 2.53. The van der Waals surface area contributed by atoms with Gasteiger partial charge in [-0.05, 0) is 64.7 Å². The van der Waals surface area contributed by atoms with Crippen molar-refractivity contribution in [3.8, 4) is 17.2 Å². The second-order valence-electron chi connectivity index (χ2n) is 9.31. The first kappa shape index (κ1) is 25.2. The fraction of sp³-hybridized carbons (Fsp3) is 0.179. The highest BCUT2D eigenvalue weighted by atomic mass is 32.2. The first-order valence-electron chi connectivity index (χ1n) is 12.0. The summed E-state index contributed by atoms with van der Waals surface area (Å²) in [5.41, 5.74) is 2.78. The van der Waals surface area contributed by atoms with Gasteiger partial charge in [-0.3, -0.25) is 0 Å². The lowest BCUT2D eigenvalue weighted by atomic mass is 9.83. The van der Waals surface area contributed by atoms with Crippen molar-refractivity contribution < 1.29 is 35.6 Å². The molecule has 1 N–H and O–H groups in total. The Morgan fingerprint density at radius 2 is 1.67 bits per heavy atom. The van der Waals surface area contributed by atoms with E-state index in [-0.39, 0.29) is 12.2 Å². The van der Waals surface area contributed by atoms with Gasteiger partial charge in [-0.25, -0.2) is 4.98 Å². The summed E-state index contributed by atoms with van der Waals surface area (Å²) in [5.74, 6) is -0.328. The number of hydrogen-bond donors (Lipinski definition) is 1. The van der Waals surface area contributed by atoms with E-state index in [0.29, 0.717) is 11.6 Å². The van der Waals surface area contributed by atoms with Gasteiger partial charge in [0, 0.05) is 24.5 Å². The van der Waals surface area contributed by atoms with Gasteiger partial charge >= 0.3 is 16.3 Å². The van der Waals surface area contributed by atoms with Crippen LogP contribution in [0.3, 0.4) is 0 Å². The van der Waals surface area contributed by atoms with Crippen LogP contribution in [-0.2, 0) is 21.0 Å². The van der Waals surface area contributed by atoms with Crippen LogP contribution in [0.15, 0.2) is 91.5 Å². The van der Waals surface area contributed by atoms with Crippen LogP contribution in [0.25, 0.3) is 16.8 Å². The molecule has 2 aliphatic rings. The second kappa shape index (κ2) is 9.28. The summed E-state index contributed by atoms with van der Waals surface area (Å²) in [7, 11) is -4.38. The van der Waals surface area contributed by atoms with Gasteiger partial charge in [0.05, 0.1) is 18.0 Å². The SMILES string of the molecule is O=S(=O)(Oc1cccc(C(F)(F)F)c1)C1CC2OC1C(c1ccc(-n3ccnc3)cc1)=C2c1ccc(O)cc1. The number of alkyl halides is 3. The standard InChI is InChI=1S/C28H21F3N2O5S/c29-28(30,31)19-2-1-3-22(14-19)38-39(35,36)24-15-23-25(17-6-10-21(34)11-7-17)26(27(24)37-23)18-4-8-20(9-5-18)33-13-12-32-16-33/h1-14,16,23-24,27,34H,15H2. The Labute approximate surface area is 221 Å². The number of aromatic nitrogens is 2. The zero-order chi connectivity index (χ0) is 27.4. The Hall–Kier alpha value is -4.09. The van der Waals surface area contributed by atoms with E-state index in [4.69, 9.17) is 8.92 Å². The molecule has 1 fully saturated rings. The van der Waals surface area contributed by atoms with Crippen molar-refractivity contribution in [1.29, 1.82) is 0 Å². The normalized spacial score (nSPS) is 20.9. The first-order valence-corrected chi connectivity index (χ1v) is 13.5. The Kier molecular flexibility index (Phi) is 6.00. The monoisotopic (exact) mass is 554 g/mol. The van der Waals surface area contributed by atoms with Crippen molar-refractivity contribution >= 4 is 21.3 Å². The first-order chi connectivity index (χ1) is 18.6. The van der Waals surface area contributed by atoms with Crippen molar-refractivity contribution in [2.45, 2.75) is 30.1 Å². The molecule has 3 aromatic carbocycles. The fourth-order valence-corrected chi connectivity index (χ4v) is 6.55. The average molecular weight is 555 g/mol. The number of fused-ring (bicyclic) bond motifs is 2. The summed E-state index contributed by atoms with van der Waals surface area (Å²) in [5, 5.41) is 8.64. The van der Waals surface area contributed by atoms with Gasteiger partial charge in [0.15, 0.2) is 0 Å². The molecule has 2 bridgehead atoms. The van der Waals surface area contributed by atoms with E-state index in [1.807, 2.05) is 28.8 Å². The third-order valence-corrected chi connectivity index (χ3v) is 8.50. The number of benzene rings is 3. The van der Waals surface area contributed by atoms with Crippen molar-refractivity contribution in [3.63, 3.8) is 0 Å². The summed E-state index contributed by atoms with van der Waals surface area (Å²) in [6.07, 6.45) is -0.964. The number of imidazole rings is 1. The van der Waals surface area contributed by atoms with Gasteiger partial charge in [-0.2, -0.15) is 21.6 Å². The molecule has 0 radical (unpaired) electrons. The van der Waals surface area contributed by atoms with Crippen LogP contribution < -0.4 is 4.18 Å². The minimum absolute atomic E-state index is 0.0682. The Balaban J connectivity index is 1.38. The molecule has 2 aliphatic heterocycles. The fourth-order valence-electron chi connectivity index (χ4n) is 5.14. The molecular weight excluding hydrogens is 533 g/mol. The number of nitrogens with zero attached hydrogens (tertiary/aromatic N) is 2. The van der Waals surface area contributed by atoms with Crippen molar-refractivity contribution in [2.75, 3.05) is 0 Å². The predicted octanol–water partition coefficient (Wildman–Crippen LogP) is 5.46. The van der Waals surface area contributed by atoms with Crippen LogP contribution in [-0.4, -0.2) is 40.5 Å². The number of ether oxygens (including phenoxy) is 1. The molecule has 0 spiro atoms. The van der Waals surface area contributed by atoms with Crippen LogP contribution in [0.1, 0.15) is 23.1 Å². The third kappa shape index (κ3) is 4.68. The summed E-state index contributed by atoms with van der Waals surface area (Å²) >= 11 is 0. The third-order valence-electron chi connectivity index (χ3n) is 6.90. The molecule has 39 heavy (non-hydrogen) atoms. The average Bonchev–Trinajstić information content (AvgIpc) is 3.66. The lowest BCUT2D eigenvalue weighted by Gasteiger charge is -2.25. The largest absolute Gasteiger partial charge is 0.508 e. The predicted molar refractivity (Wildman–Crippen MR) is 137 cm³/mol. The smallest absolute Gasteiger partial charge is 0.416 e. The van der Waals surface area contributed by atoms with E-state index < -0.39 is 45.1 Å². The van der Waals surface area contributed by atoms with E-state index >= 15 is 0 Å². The molecule has 0 aliphatic carbocycles. The highest BCUT2D eigenvalue weighted by Crippen LogP contribution is 2.51. The van der Waals surface area contributed by atoms with Gasteiger partial charge in [0.2, 0.25) is 0 Å². The van der Waals surface area contributed by atoms with Gasteiger partial charge in [0.25, 0.3) is 0 Å². The highest BCUT2D eigenvalue weighted by molar-refractivity contribution is 7.87. The van der Waals surface area contributed by atoms with E-state index in [2.05, 4.69) is 4.98 Å². The van der Waals surface area contributed by atoms with Gasteiger partial charge in [0.1, 0.15) is 22.9 Å². The molecule has 3 atom stereocenters. The summed E-state index contributed by atoms with van der Waals surface area (Å²) in [4.78, 5) is 4.05. The van der Waals surface area contributed by atoms with E-state index in [1.54, 1.807) is 43.0 Å². The lowest BCUT2D eigenvalue weighted by molar-refractivity contribution is -0.137. The van der Waals surface area contributed by atoms with Crippen LogP contribution in [0.2, 0.25) is 0 Å². The summed E-state index contributed by atoms with van der Waals surface area (Å²) < 4.78 is 79.4. The number of rotatable bonds is 6. The molecule has 6 rings (SSSR count). The zero-order valence-electron chi connectivity index (χ0n) is 20.1. The molecule has 1 aromatic heterocycles. The van der Waals surface area contributed by atoms with Crippen LogP contribution in [0, 0.1) is 0 Å². The number of halogens is 3. The van der Waals surface area contributed by atoms with Crippen LogP contribution in [0.5, 0.6) is 11.5 Å². The molecule has 200 valence electrons. The molecule has 0 saturated carbocycles. The van der Waals surface area contributed by atoms with Gasteiger partial charge < -0.3 is 18.6 Å². The molecule has 4 aromatic rings. The Morgan fingerprint density at radius 1 is 0.974 bits per heavy atom. The maximum absolute atomic E-state index is 13.4. The molecular formula is C28H21F3N2O5S. The van der Waals surface area contributed by atoms with Crippen LogP contribution in [0.4, 0.5) is 13.2 Å². The zero-order valence-corrected chi connectivity index (χ0v) is 20.9. The number of phenolic OH excluding ortho intramolecular Hbond substituents is 1. The number of hydrogen-bond acceptors (Lipinski definition) is 6. The summed E-state index contributed by atoms with van der Waals surface area (Å²) in [6, 6.07) is 17.8. The molecule has 11 heteroatoms. The van der Waals surface area contributed by atoms with E-state index in [1.165, 1.54) is 6.07 Å². The van der Waals surface area contributed by atoms with E-state index in [9.17, 15) is 26.7 Å². The minimum atomic E-state index is -4.64. The molecule has 3 heterocycles. The second-order valence-corrected chi connectivity index (χ2v) is 11.1. The van der Waals surface area contributed by atoms with Crippen LogP contribution >= 0.6 is 0 Å². The summed E-state index contributed by atoms with van der Waals surface area (Å²) in [6.45, 7) is 0. The maximum atomic E-state index is 13.4. The molecule has 7 nitrogen and oxygen atoms in total. The molecule has 1 saturated heterocycles.